The van der Waals surface area contributed by atoms with Gasteiger partial charge in [0.1, 0.15) is 6.07 Å². The van der Waals surface area contributed by atoms with Crippen LogP contribution in [0.2, 0.25) is 19.6 Å². The van der Waals surface area contributed by atoms with Gasteiger partial charge in [-0.2, -0.15) is 5.26 Å². The molecule has 0 aliphatic carbocycles. The number of aromatic nitrogens is 1. The number of rotatable bonds is 3. The minimum Gasteiger partial charge on any atom is -0.255 e. The van der Waals surface area contributed by atoms with Crippen molar-refractivity contribution in [1.82, 2.24) is 4.98 Å². The van der Waals surface area contributed by atoms with E-state index in [1.807, 2.05) is 30.5 Å². The summed E-state index contributed by atoms with van der Waals surface area (Å²) in [5, 5.41) is 12.5. The van der Waals surface area contributed by atoms with Crippen molar-refractivity contribution in [3.8, 4) is 28.3 Å². The molecule has 0 aliphatic rings. The standard InChI is InChI=1S/C25H22N2Si/c1-28(2,3)23-16-21(19-12-8-5-9-13-19)22(17-26)25-24(23)20(14-15-27-25)18-10-6-4-7-11-18/h4-16H,1-3H3. The molecule has 136 valence electrons. The van der Waals surface area contributed by atoms with Crippen molar-refractivity contribution >= 4 is 24.2 Å². The molecule has 0 saturated heterocycles. The Morgan fingerprint density at radius 3 is 1.89 bits per heavy atom. The summed E-state index contributed by atoms with van der Waals surface area (Å²) in [5.74, 6) is 0. The van der Waals surface area contributed by atoms with Crippen molar-refractivity contribution in [1.29, 1.82) is 5.26 Å². The molecule has 1 heterocycles. The summed E-state index contributed by atoms with van der Waals surface area (Å²) in [4.78, 5) is 4.70. The van der Waals surface area contributed by atoms with Crippen molar-refractivity contribution < 1.29 is 0 Å². The molecule has 1 aromatic heterocycles. The minimum atomic E-state index is -1.71. The van der Waals surface area contributed by atoms with Crippen LogP contribution in [0.3, 0.4) is 0 Å². The Kier molecular flexibility index (Phi) is 4.58. The molecule has 0 aliphatic heterocycles. The van der Waals surface area contributed by atoms with E-state index in [0.717, 1.165) is 33.2 Å². The maximum atomic E-state index is 10.1. The highest BCUT2D eigenvalue weighted by molar-refractivity contribution is 6.90. The predicted molar refractivity (Wildman–Crippen MR) is 120 cm³/mol. The van der Waals surface area contributed by atoms with Crippen LogP contribution in [-0.2, 0) is 0 Å². The smallest absolute Gasteiger partial charge is 0.102 e. The fourth-order valence-electron chi connectivity index (χ4n) is 3.75. The fourth-order valence-corrected chi connectivity index (χ4v) is 5.33. The van der Waals surface area contributed by atoms with Gasteiger partial charge in [0, 0.05) is 17.1 Å². The lowest BCUT2D eigenvalue weighted by molar-refractivity contribution is 1.39. The van der Waals surface area contributed by atoms with E-state index in [1.165, 1.54) is 5.19 Å². The molecule has 0 unspecified atom stereocenters. The number of fused-ring (bicyclic) bond motifs is 1. The van der Waals surface area contributed by atoms with Crippen LogP contribution in [0.1, 0.15) is 5.56 Å². The molecule has 2 nitrogen and oxygen atoms in total. The molecule has 0 amide bonds. The lowest BCUT2D eigenvalue weighted by Crippen LogP contribution is -2.38. The summed E-state index contributed by atoms with van der Waals surface area (Å²) in [5.41, 5.74) is 5.81. The van der Waals surface area contributed by atoms with Crippen molar-refractivity contribution in [2.75, 3.05) is 0 Å². The highest BCUT2D eigenvalue weighted by atomic mass is 28.3. The molecule has 0 N–H and O–H groups in total. The number of nitriles is 1. The van der Waals surface area contributed by atoms with Crippen LogP contribution >= 0.6 is 0 Å². The van der Waals surface area contributed by atoms with E-state index in [9.17, 15) is 5.26 Å². The van der Waals surface area contributed by atoms with Gasteiger partial charge in [-0.15, -0.1) is 0 Å². The van der Waals surface area contributed by atoms with Crippen molar-refractivity contribution in [3.63, 3.8) is 0 Å². The van der Waals surface area contributed by atoms with Gasteiger partial charge in [0.2, 0.25) is 0 Å². The quantitative estimate of drug-likeness (QED) is 0.411. The van der Waals surface area contributed by atoms with E-state index in [-0.39, 0.29) is 0 Å². The number of hydrogen-bond donors (Lipinski definition) is 0. The van der Waals surface area contributed by atoms with E-state index >= 15 is 0 Å². The molecule has 0 radical (unpaired) electrons. The average Bonchev–Trinajstić information content (AvgIpc) is 2.72. The maximum absolute atomic E-state index is 10.1. The van der Waals surface area contributed by atoms with Crippen LogP contribution in [-0.4, -0.2) is 13.1 Å². The second-order valence-electron chi connectivity index (χ2n) is 8.02. The van der Waals surface area contributed by atoms with Gasteiger partial charge in [-0.05, 0) is 27.9 Å². The topological polar surface area (TPSA) is 36.7 Å². The van der Waals surface area contributed by atoms with E-state index in [0.29, 0.717) is 5.56 Å². The minimum absolute atomic E-state index is 0.654. The summed E-state index contributed by atoms with van der Waals surface area (Å²) in [6.45, 7) is 7.05. The van der Waals surface area contributed by atoms with E-state index in [4.69, 9.17) is 4.98 Å². The number of hydrogen-bond acceptors (Lipinski definition) is 2. The average molecular weight is 379 g/mol. The van der Waals surface area contributed by atoms with E-state index < -0.39 is 8.07 Å². The Morgan fingerprint density at radius 1 is 0.786 bits per heavy atom. The van der Waals surface area contributed by atoms with E-state index in [1.54, 1.807) is 0 Å². The third-order valence-electron chi connectivity index (χ3n) is 5.10. The molecule has 28 heavy (non-hydrogen) atoms. The third kappa shape index (κ3) is 3.13. The summed E-state index contributed by atoms with van der Waals surface area (Å²) < 4.78 is 0. The van der Waals surface area contributed by atoms with Gasteiger partial charge in [0.05, 0.1) is 19.2 Å². The second kappa shape index (κ2) is 7.07. The number of nitrogens with zero attached hydrogens (tertiary/aromatic N) is 2. The Balaban J connectivity index is 2.17. The lowest BCUT2D eigenvalue weighted by Gasteiger charge is -2.23. The molecule has 0 bridgehead atoms. The van der Waals surface area contributed by atoms with Gasteiger partial charge in [0.25, 0.3) is 0 Å². The highest BCUT2D eigenvalue weighted by Crippen LogP contribution is 2.34. The van der Waals surface area contributed by atoms with Gasteiger partial charge >= 0.3 is 0 Å². The third-order valence-corrected chi connectivity index (χ3v) is 7.11. The first-order chi connectivity index (χ1) is 13.5. The van der Waals surface area contributed by atoms with Crippen LogP contribution in [0.15, 0.2) is 79.0 Å². The van der Waals surface area contributed by atoms with Crippen LogP contribution in [0, 0.1) is 11.3 Å². The van der Waals surface area contributed by atoms with Gasteiger partial charge in [-0.1, -0.05) is 86.4 Å². The first-order valence-corrected chi connectivity index (χ1v) is 13.0. The molecular formula is C25H22N2Si. The molecule has 3 aromatic carbocycles. The number of pyridine rings is 1. The monoisotopic (exact) mass is 378 g/mol. The Morgan fingerprint density at radius 2 is 1.36 bits per heavy atom. The summed E-state index contributed by atoms with van der Waals surface area (Å²) in [6.07, 6.45) is 1.83. The lowest BCUT2D eigenvalue weighted by atomic mass is 9.94. The Labute approximate surface area is 167 Å². The fraction of sp³-hybridized carbons (Fsp3) is 0.120. The first kappa shape index (κ1) is 18.2. The molecule has 0 fully saturated rings. The highest BCUT2D eigenvalue weighted by Gasteiger charge is 2.25. The van der Waals surface area contributed by atoms with Gasteiger partial charge in [-0.3, -0.25) is 4.98 Å². The summed E-state index contributed by atoms with van der Waals surface area (Å²) in [7, 11) is -1.71. The SMILES string of the molecule is C[Si](C)(C)c1cc(-c2ccccc2)c(C#N)c2nccc(-c3ccccc3)c12. The summed E-state index contributed by atoms with van der Waals surface area (Å²) in [6, 6.07) is 27.3. The van der Waals surface area contributed by atoms with Crippen LogP contribution in [0.25, 0.3) is 33.2 Å². The normalized spacial score (nSPS) is 11.4. The summed E-state index contributed by atoms with van der Waals surface area (Å²) >= 11 is 0. The predicted octanol–water partition coefficient (Wildman–Crippen LogP) is 5.99. The second-order valence-corrected chi connectivity index (χ2v) is 13.1. The molecule has 0 saturated carbocycles. The van der Waals surface area contributed by atoms with Crippen molar-refractivity contribution in [2.24, 2.45) is 0 Å². The molecule has 4 aromatic rings. The van der Waals surface area contributed by atoms with Gasteiger partial charge in [0.15, 0.2) is 0 Å². The zero-order valence-corrected chi connectivity index (χ0v) is 17.4. The van der Waals surface area contributed by atoms with Crippen molar-refractivity contribution in [2.45, 2.75) is 19.6 Å². The van der Waals surface area contributed by atoms with Gasteiger partial charge < -0.3 is 0 Å². The molecule has 0 atom stereocenters. The van der Waals surface area contributed by atoms with E-state index in [2.05, 4.69) is 74.2 Å². The molecular weight excluding hydrogens is 356 g/mol. The van der Waals surface area contributed by atoms with Crippen LogP contribution < -0.4 is 5.19 Å². The largest absolute Gasteiger partial charge is 0.255 e. The molecule has 0 spiro atoms. The maximum Gasteiger partial charge on any atom is 0.102 e. The Bertz CT molecular complexity index is 1180. The van der Waals surface area contributed by atoms with Crippen LogP contribution in [0.5, 0.6) is 0 Å². The Hall–Kier alpha value is -3.22. The van der Waals surface area contributed by atoms with Crippen molar-refractivity contribution in [3.05, 3.63) is 84.6 Å². The number of benzene rings is 3. The molecule has 3 heteroatoms. The molecule has 4 rings (SSSR count). The van der Waals surface area contributed by atoms with Gasteiger partial charge in [-0.25, -0.2) is 0 Å². The zero-order valence-electron chi connectivity index (χ0n) is 16.4. The van der Waals surface area contributed by atoms with Crippen LogP contribution in [0.4, 0.5) is 0 Å². The zero-order chi connectivity index (χ0) is 19.7. The first-order valence-electron chi connectivity index (χ1n) is 9.48.